The molecule has 2 aromatic heterocycles. The topological polar surface area (TPSA) is 56.3 Å². The molecule has 6 heteroatoms. The molecule has 0 atom stereocenters. The maximum Gasteiger partial charge on any atom is 0.231 e. The summed E-state index contributed by atoms with van der Waals surface area (Å²) in [6, 6.07) is 16.9. The Bertz CT molecular complexity index is 1190. The smallest absolute Gasteiger partial charge is 0.231 e. The van der Waals surface area contributed by atoms with E-state index in [1.807, 2.05) is 18.2 Å². The van der Waals surface area contributed by atoms with Crippen LogP contribution in [0.4, 0.5) is 5.82 Å². The Hall–Kier alpha value is -3.12. The average molecular weight is 404 g/mol. The van der Waals surface area contributed by atoms with E-state index in [1.54, 1.807) is 17.7 Å². The molecule has 29 heavy (non-hydrogen) atoms. The third kappa shape index (κ3) is 3.51. The quantitative estimate of drug-likeness (QED) is 0.455. The van der Waals surface area contributed by atoms with Gasteiger partial charge in [0.2, 0.25) is 6.79 Å². The van der Waals surface area contributed by atoms with Gasteiger partial charge in [-0.15, -0.1) is 11.3 Å². The summed E-state index contributed by atoms with van der Waals surface area (Å²) >= 11 is 1.72. The van der Waals surface area contributed by atoms with E-state index in [9.17, 15) is 0 Å². The van der Waals surface area contributed by atoms with Gasteiger partial charge in [0.25, 0.3) is 0 Å². The zero-order valence-electron chi connectivity index (χ0n) is 16.3. The summed E-state index contributed by atoms with van der Waals surface area (Å²) in [7, 11) is 0. The second kappa shape index (κ2) is 7.37. The lowest BCUT2D eigenvalue weighted by Crippen LogP contribution is -2.01. The van der Waals surface area contributed by atoms with Gasteiger partial charge in [-0.3, -0.25) is 0 Å². The van der Waals surface area contributed by atoms with E-state index >= 15 is 0 Å². The Balaban J connectivity index is 1.42. The second-order valence-corrected chi connectivity index (χ2v) is 8.42. The number of aromatic nitrogens is 2. The maximum absolute atomic E-state index is 5.47. The van der Waals surface area contributed by atoms with Crippen LogP contribution >= 0.6 is 11.3 Å². The van der Waals surface area contributed by atoms with Gasteiger partial charge in [0.15, 0.2) is 11.5 Å². The number of anilines is 1. The van der Waals surface area contributed by atoms with Crippen molar-refractivity contribution >= 4 is 27.4 Å². The molecule has 1 N–H and O–H groups in total. The highest BCUT2D eigenvalue weighted by Crippen LogP contribution is 2.37. The van der Waals surface area contributed by atoms with Gasteiger partial charge in [-0.2, -0.15) is 0 Å². The fourth-order valence-corrected chi connectivity index (χ4v) is 4.48. The molecule has 5 nitrogen and oxygen atoms in total. The van der Waals surface area contributed by atoms with Crippen LogP contribution in [0.3, 0.4) is 0 Å². The van der Waals surface area contributed by atoms with Crippen LogP contribution in [0.5, 0.6) is 11.5 Å². The minimum atomic E-state index is 0.286. The fourth-order valence-electron chi connectivity index (χ4n) is 3.41. The molecule has 0 unspecified atom stereocenters. The van der Waals surface area contributed by atoms with Gasteiger partial charge in [-0.25, -0.2) is 9.97 Å². The number of benzene rings is 2. The van der Waals surface area contributed by atoms with Crippen LogP contribution < -0.4 is 14.8 Å². The van der Waals surface area contributed by atoms with Gasteiger partial charge in [-0.05, 0) is 40.8 Å². The van der Waals surface area contributed by atoms with Crippen LogP contribution in [0.1, 0.15) is 30.9 Å². The Labute approximate surface area is 173 Å². The normalized spacial score (nSPS) is 12.7. The molecule has 3 heterocycles. The number of ether oxygens (including phenoxy) is 2. The molecule has 0 radical (unpaired) electrons. The SMILES string of the molecule is CC(C)c1cccc(-c2cc3ncnc(NCc4ccc5c(c4)OCO5)c3s2)c1. The highest BCUT2D eigenvalue weighted by Gasteiger charge is 2.14. The van der Waals surface area contributed by atoms with Crippen LogP contribution in [0.2, 0.25) is 0 Å². The largest absolute Gasteiger partial charge is 0.454 e. The predicted molar refractivity (Wildman–Crippen MR) is 117 cm³/mol. The van der Waals surface area contributed by atoms with Crippen LogP contribution in [-0.2, 0) is 6.54 Å². The minimum absolute atomic E-state index is 0.286. The highest BCUT2D eigenvalue weighted by molar-refractivity contribution is 7.22. The standard InChI is InChI=1S/C23H21N3O2S/c1-14(2)16-4-3-5-17(9-16)21-10-18-22(29-21)23(26-12-25-18)24-11-15-6-7-19-20(8-15)28-13-27-19/h3-10,12,14H,11,13H2,1-2H3,(H,24,25,26). The maximum atomic E-state index is 5.47. The molecule has 1 aliphatic heterocycles. The first-order valence-electron chi connectivity index (χ1n) is 9.64. The Morgan fingerprint density at radius 1 is 1.03 bits per heavy atom. The van der Waals surface area contributed by atoms with E-state index in [0.717, 1.165) is 33.1 Å². The second-order valence-electron chi connectivity index (χ2n) is 7.37. The first-order valence-corrected chi connectivity index (χ1v) is 10.5. The van der Waals surface area contributed by atoms with E-state index in [1.165, 1.54) is 16.0 Å². The molecular formula is C23H21N3O2S. The van der Waals surface area contributed by atoms with Crippen LogP contribution in [0, 0.1) is 0 Å². The van der Waals surface area contributed by atoms with Crippen molar-refractivity contribution < 1.29 is 9.47 Å². The van der Waals surface area contributed by atoms with Crippen LogP contribution in [-0.4, -0.2) is 16.8 Å². The van der Waals surface area contributed by atoms with E-state index in [4.69, 9.17) is 9.47 Å². The minimum Gasteiger partial charge on any atom is -0.454 e. The summed E-state index contributed by atoms with van der Waals surface area (Å²) in [5.74, 6) is 2.94. The third-order valence-electron chi connectivity index (χ3n) is 5.05. The molecule has 1 aliphatic rings. The first-order chi connectivity index (χ1) is 14.2. The average Bonchev–Trinajstić information content (AvgIpc) is 3.39. The van der Waals surface area contributed by atoms with Crippen molar-refractivity contribution in [3.05, 3.63) is 66.0 Å². The summed E-state index contributed by atoms with van der Waals surface area (Å²) < 4.78 is 11.9. The lowest BCUT2D eigenvalue weighted by Gasteiger charge is -2.07. The van der Waals surface area contributed by atoms with Crippen molar-refractivity contribution in [2.75, 3.05) is 12.1 Å². The van der Waals surface area contributed by atoms with Crippen molar-refractivity contribution in [2.24, 2.45) is 0 Å². The van der Waals surface area contributed by atoms with Crippen LogP contribution in [0.25, 0.3) is 20.7 Å². The highest BCUT2D eigenvalue weighted by atomic mass is 32.1. The zero-order chi connectivity index (χ0) is 19.8. The van der Waals surface area contributed by atoms with Gasteiger partial charge in [0.05, 0.1) is 10.2 Å². The van der Waals surface area contributed by atoms with Gasteiger partial charge in [0, 0.05) is 11.4 Å². The molecule has 0 spiro atoms. The van der Waals surface area contributed by atoms with Gasteiger partial charge >= 0.3 is 0 Å². The summed E-state index contributed by atoms with van der Waals surface area (Å²) in [6.45, 7) is 5.37. The molecule has 0 aliphatic carbocycles. The van der Waals surface area contributed by atoms with Crippen LogP contribution in [0.15, 0.2) is 54.9 Å². The number of thiophene rings is 1. The number of hydrogen-bond acceptors (Lipinski definition) is 6. The molecule has 0 bridgehead atoms. The van der Waals surface area contributed by atoms with Crippen molar-refractivity contribution in [2.45, 2.75) is 26.3 Å². The lowest BCUT2D eigenvalue weighted by molar-refractivity contribution is 0.174. The molecule has 0 fully saturated rings. The molecule has 0 amide bonds. The van der Waals surface area contributed by atoms with E-state index < -0.39 is 0 Å². The number of fused-ring (bicyclic) bond motifs is 2. The predicted octanol–water partition coefficient (Wildman–Crippen LogP) is 5.82. The Morgan fingerprint density at radius 3 is 2.83 bits per heavy atom. The van der Waals surface area contributed by atoms with E-state index in [0.29, 0.717) is 12.5 Å². The number of nitrogens with zero attached hydrogens (tertiary/aromatic N) is 2. The summed E-state index contributed by atoms with van der Waals surface area (Å²) in [5, 5.41) is 3.45. The van der Waals surface area contributed by atoms with Gasteiger partial charge < -0.3 is 14.8 Å². The molecule has 4 aromatic rings. The molecule has 0 saturated heterocycles. The third-order valence-corrected chi connectivity index (χ3v) is 6.23. The summed E-state index contributed by atoms with van der Waals surface area (Å²) in [5.41, 5.74) is 4.64. The molecule has 0 saturated carbocycles. The van der Waals surface area contributed by atoms with Crippen molar-refractivity contribution in [3.8, 4) is 21.9 Å². The molecule has 5 rings (SSSR count). The monoisotopic (exact) mass is 403 g/mol. The Morgan fingerprint density at radius 2 is 1.93 bits per heavy atom. The molecule has 146 valence electrons. The fraction of sp³-hybridized carbons (Fsp3) is 0.217. The summed E-state index contributed by atoms with van der Waals surface area (Å²) in [4.78, 5) is 10.2. The van der Waals surface area contributed by atoms with Crippen molar-refractivity contribution in [3.63, 3.8) is 0 Å². The number of nitrogens with one attached hydrogen (secondary N) is 1. The zero-order valence-corrected chi connectivity index (χ0v) is 17.1. The summed E-state index contributed by atoms with van der Waals surface area (Å²) in [6.07, 6.45) is 1.62. The Kier molecular flexibility index (Phi) is 4.56. The van der Waals surface area contributed by atoms with Gasteiger partial charge in [-0.1, -0.05) is 44.2 Å². The first kappa shape index (κ1) is 17.9. The lowest BCUT2D eigenvalue weighted by atomic mass is 10.0. The van der Waals surface area contributed by atoms with Gasteiger partial charge in [0.1, 0.15) is 12.1 Å². The van der Waals surface area contributed by atoms with Crippen molar-refractivity contribution in [1.82, 2.24) is 9.97 Å². The molecule has 2 aromatic carbocycles. The van der Waals surface area contributed by atoms with E-state index in [2.05, 4.69) is 59.5 Å². The van der Waals surface area contributed by atoms with Crippen molar-refractivity contribution in [1.29, 1.82) is 0 Å². The van der Waals surface area contributed by atoms with E-state index in [-0.39, 0.29) is 6.79 Å². The number of rotatable bonds is 5. The number of hydrogen-bond donors (Lipinski definition) is 1. The molecular weight excluding hydrogens is 382 g/mol.